The lowest BCUT2D eigenvalue weighted by Gasteiger charge is -2.25. The fourth-order valence-electron chi connectivity index (χ4n) is 1.87. The zero-order valence-electron chi connectivity index (χ0n) is 9.99. The molecule has 0 atom stereocenters. The maximum absolute atomic E-state index is 4.56. The second-order valence-corrected chi connectivity index (χ2v) is 5.50. The number of halogens is 1. The fraction of sp³-hybridized carbons (Fsp3) is 0.615. The summed E-state index contributed by atoms with van der Waals surface area (Å²) in [5, 5.41) is 0.883. The van der Waals surface area contributed by atoms with Crippen molar-refractivity contribution in [1.29, 1.82) is 0 Å². The predicted molar refractivity (Wildman–Crippen MR) is 72.1 cm³/mol. The van der Waals surface area contributed by atoms with Gasteiger partial charge in [0.2, 0.25) is 0 Å². The van der Waals surface area contributed by atoms with Gasteiger partial charge in [-0.15, -0.1) is 0 Å². The monoisotopic (exact) mass is 282 g/mol. The highest BCUT2D eigenvalue weighted by Crippen LogP contribution is 2.31. The van der Waals surface area contributed by atoms with Crippen LogP contribution in [-0.4, -0.2) is 17.6 Å². The van der Waals surface area contributed by atoms with Crippen LogP contribution < -0.4 is 4.90 Å². The quantitative estimate of drug-likeness (QED) is 0.767. The molecular formula is C13H19BrN2. The summed E-state index contributed by atoms with van der Waals surface area (Å²) in [6, 6.07) is 5.05. The molecule has 0 unspecified atom stereocenters. The average Bonchev–Trinajstić information content (AvgIpc) is 3.10. The second kappa shape index (κ2) is 5.17. The van der Waals surface area contributed by atoms with Gasteiger partial charge in [-0.1, -0.05) is 35.8 Å². The Bertz CT molecular complexity index is 330. The minimum atomic E-state index is 0.693. The molecule has 1 aliphatic rings. The second-order valence-electron chi connectivity index (χ2n) is 4.94. The molecule has 0 N–H and O–H groups in total. The largest absolute Gasteiger partial charge is 0.353 e. The topological polar surface area (TPSA) is 16.1 Å². The zero-order valence-corrected chi connectivity index (χ0v) is 11.6. The molecule has 0 spiro atoms. The molecule has 1 heterocycles. The molecule has 0 amide bonds. The van der Waals surface area contributed by atoms with E-state index in [-0.39, 0.29) is 0 Å². The predicted octanol–water partition coefficient (Wildman–Crippen LogP) is 3.60. The lowest BCUT2D eigenvalue weighted by molar-refractivity contribution is 0.602. The Hall–Kier alpha value is -0.570. The number of pyridine rings is 1. The van der Waals surface area contributed by atoms with Crippen LogP contribution in [0.5, 0.6) is 0 Å². The molecule has 1 aromatic rings. The van der Waals surface area contributed by atoms with Crippen LogP contribution >= 0.6 is 15.9 Å². The lowest BCUT2D eigenvalue weighted by Crippen LogP contribution is -2.30. The molecule has 1 aromatic heterocycles. The Morgan fingerprint density at radius 1 is 1.44 bits per heavy atom. The van der Waals surface area contributed by atoms with Crippen molar-refractivity contribution in [2.45, 2.75) is 38.1 Å². The van der Waals surface area contributed by atoms with Gasteiger partial charge >= 0.3 is 0 Å². The van der Waals surface area contributed by atoms with Gasteiger partial charge in [0.15, 0.2) is 0 Å². The number of rotatable bonds is 5. The van der Waals surface area contributed by atoms with Crippen LogP contribution in [-0.2, 0) is 5.33 Å². The van der Waals surface area contributed by atoms with Crippen LogP contribution in [0.25, 0.3) is 0 Å². The third kappa shape index (κ3) is 2.97. The molecule has 2 nitrogen and oxygen atoms in total. The third-order valence-corrected chi connectivity index (χ3v) is 3.45. The number of hydrogen-bond acceptors (Lipinski definition) is 2. The van der Waals surface area contributed by atoms with E-state index in [0.717, 1.165) is 23.7 Å². The normalized spacial score (nSPS) is 15.5. The van der Waals surface area contributed by atoms with Gasteiger partial charge in [0, 0.05) is 24.1 Å². The summed E-state index contributed by atoms with van der Waals surface area (Å²) in [4.78, 5) is 7.02. The number of anilines is 1. The molecule has 0 bridgehead atoms. The van der Waals surface area contributed by atoms with Gasteiger partial charge in [-0.3, -0.25) is 0 Å². The summed E-state index contributed by atoms with van der Waals surface area (Å²) in [6.07, 6.45) is 4.63. The molecule has 0 aromatic carbocycles. The first-order chi connectivity index (χ1) is 7.70. The van der Waals surface area contributed by atoms with Gasteiger partial charge in [0.25, 0.3) is 0 Å². The first-order valence-electron chi connectivity index (χ1n) is 5.98. The lowest BCUT2D eigenvalue weighted by atomic mass is 10.2. The Kier molecular flexibility index (Phi) is 3.85. The molecule has 1 saturated carbocycles. The maximum atomic E-state index is 4.56. The van der Waals surface area contributed by atoms with Crippen molar-refractivity contribution in [3.63, 3.8) is 0 Å². The molecule has 3 heteroatoms. The van der Waals surface area contributed by atoms with E-state index in [2.05, 4.69) is 51.8 Å². The zero-order chi connectivity index (χ0) is 11.5. The summed E-state index contributed by atoms with van der Waals surface area (Å²) in [7, 11) is 0. The molecule has 1 fully saturated rings. The fourth-order valence-corrected chi connectivity index (χ4v) is 2.21. The molecular weight excluding hydrogens is 264 g/mol. The first-order valence-corrected chi connectivity index (χ1v) is 7.10. The number of nitrogens with zero attached hydrogens (tertiary/aromatic N) is 2. The minimum Gasteiger partial charge on any atom is -0.353 e. The van der Waals surface area contributed by atoms with Crippen molar-refractivity contribution in [2.75, 3.05) is 11.4 Å². The van der Waals surface area contributed by atoms with Crippen LogP contribution in [0, 0.1) is 5.92 Å². The van der Waals surface area contributed by atoms with E-state index in [1.165, 1.54) is 18.4 Å². The molecule has 0 radical (unpaired) electrons. The van der Waals surface area contributed by atoms with Crippen molar-refractivity contribution < 1.29 is 0 Å². The van der Waals surface area contributed by atoms with E-state index in [0.29, 0.717) is 5.92 Å². The minimum absolute atomic E-state index is 0.693. The van der Waals surface area contributed by atoms with Crippen LogP contribution in [0.1, 0.15) is 32.3 Å². The van der Waals surface area contributed by atoms with Gasteiger partial charge in [-0.05, 0) is 30.4 Å². The van der Waals surface area contributed by atoms with Crippen molar-refractivity contribution in [3.8, 4) is 0 Å². The summed E-state index contributed by atoms with van der Waals surface area (Å²) in [6.45, 7) is 5.65. The van der Waals surface area contributed by atoms with Crippen LogP contribution in [0.2, 0.25) is 0 Å². The molecule has 1 aliphatic carbocycles. The van der Waals surface area contributed by atoms with E-state index >= 15 is 0 Å². The average molecular weight is 283 g/mol. The van der Waals surface area contributed by atoms with Crippen LogP contribution in [0.15, 0.2) is 18.3 Å². The molecule has 88 valence electrons. The molecule has 0 aliphatic heterocycles. The van der Waals surface area contributed by atoms with Crippen molar-refractivity contribution in [3.05, 3.63) is 23.9 Å². The maximum Gasteiger partial charge on any atom is 0.128 e. The Balaban J connectivity index is 2.11. The van der Waals surface area contributed by atoms with E-state index in [1.807, 2.05) is 6.20 Å². The molecule has 0 saturated heterocycles. The molecule has 16 heavy (non-hydrogen) atoms. The van der Waals surface area contributed by atoms with E-state index in [1.54, 1.807) is 0 Å². The smallest absolute Gasteiger partial charge is 0.128 e. The van der Waals surface area contributed by atoms with Gasteiger partial charge in [0.1, 0.15) is 5.82 Å². The van der Waals surface area contributed by atoms with Crippen molar-refractivity contribution in [2.24, 2.45) is 5.92 Å². The number of hydrogen-bond donors (Lipinski definition) is 0. The van der Waals surface area contributed by atoms with Crippen LogP contribution in [0.4, 0.5) is 5.82 Å². The van der Waals surface area contributed by atoms with Crippen molar-refractivity contribution in [1.82, 2.24) is 4.98 Å². The number of aromatic nitrogens is 1. The summed E-state index contributed by atoms with van der Waals surface area (Å²) in [5.41, 5.74) is 1.24. The van der Waals surface area contributed by atoms with Gasteiger partial charge in [0.05, 0.1) is 0 Å². The Morgan fingerprint density at radius 2 is 2.19 bits per heavy atom. The molecule has 2 rings (SSSR count). The van der Waals surface area contributed by atoms with Gasteiger partial charge < -0.3 is 4.90 Å². The van der Waals surface area contributed by atoms with Crippen LogP contribution in [0.3, 0.4) is 0 Å². The van der Waals surface area contributed by atoms with Crippen molar-refractivity contribution >= 4 is 21.7 Å². The Morgan fingerprint density at radius 3 is 2.62 bits per heavy atom. The van der Waals surface area contributed by atoms with E-state index in [9.17, 15) is 0 Å². The van der Waals surface area contributed by atoms with E-state index < -0.39 is 0 Å². The first kappa shape index (κ1) is 11.9. The van der Waals surface area contributed by atoms with Gasteiger partial charge in [-0.2, -0.15) is 0 Å². The third-order valence-electron chi connectivity index (χ3n) is 2.81. The summed E-state index contributed by atoms with van der Waals surface area (Å²) in [5.74, 6) is 1.83. The van der Waals surface area contributed by atoms with E-state index in [4.69, 9.17) is 0 Å². The SMILES string of the molecule is CC(C)CN(c1ccc(CBr)cn1)C1CC1. The standard InChI is InChI=1S/C13H19BrN2/c1-10(2)9-16(12-4-5-12)13-6-3-11(7-14)8-15-13/h3,6,8,10,12H,4-5,7,9H2,1-2H3. The number of alkyl halides is 1. The highest BCUT2D eigenvalue weighted by Gasteiger charge is 2.30. The highest BCUT2D eigenvalue weighted by molar-refractivity contribution is 9.08. The highest BCUT2D eigenvalue weighted by atomic mass is 79.9. The summed E-state index contributed by atoms with van der Waals surface area (Å²) < 4.78 is 0. The Labute approximate surface area is 106 Å². The summed E-state index contributed by atoms with van der Waals surface area (Å²) >= 11 is 3.45. The van der Waals surface area contributed by atoms with Gasteiger partial charge in [-0.25, -0.2) is 4.98 Å².